The lowest BCUT2D eigenvalue weighted by Gasteiger charge is -2.31. The molecule has 4 aromatic rings. The maximum Gasteiger partial charge on any atom is 0.205 e. The minimum Gasteiger partial charge on any atom is -0.442 e. The summed E-state index contributed by atoms with van der Waals surface area (Å²) in [5, 5.41) is 21.6. The minimum atomic E-state index is -0.783. The second kappa shape index (κ2) is 6.58. The maximum atomic E-state index is 9.90. The molecule has 0 amide bonds. The highest BCUT2D eigenvalue weighted by molar-refractivity contribution is 6.30. The molecule has 0 fully saturated rings. The molecule has 29 heavy (non-hydrogen) atoms. The van der Waals surface area contributed by atoms with E-state index in [9.17, 15) is 5.26 Å². The Labute approximate surface area is 172 Å². The third-order valence-corrected chi connectivity index (χ3v) is 5.81. The first-order valence-corrected chi connectivity index (χ1v) is 9.69. The molecule has 1 aliphatic heterocycles. The molecule has 5 rings (SSSR count). The van der Waals surface area contributed by atoms with E-state index >= 15 is 0 Å². The highest BCUT2D eigenvalue weighted by Gasteiger charge is 2.39. The van der Waals surface area contributed by atoms with Crippen molar-refractivity contribution in [3.63, 3.8) is 0 Å². The molecule has 2 atom stereocenters. The average Bonchev–Trinajstić information content (AvgIpc) is 2.72. The Bertz CT molecular complexity index is 1360. The number of pyridine rings is 1. The van der Waals surface area contributed by atoms with Crippen LogP contribution in [0.3, 0.4) is 0 Å². The molecule has 3 aromatic carbocycles. The minimum absolute atomic E-state index is 0.0688. The molecular formula is C24H16ClN3O. The lowest BCUT2D eigenvalue weighted by molar-refractivity contribution is 0.453. The van der Waals surface area contributed by atoms with Crippen LogP contribution in [0.5, 0.6) is 5.75 Å². The van der Waals surface area contributed by atoms with Gasteiger partial charge in [0.05, 0.1) is 11.6 Å². The number of nitrogens with zero attached hydrogens (tertiary/aromatic N) is 2. The van der Waals surface area contributed by atoms with Crippen LogP contribution in [-0.4, -0.2) is 10.9 Å². The number of aromatic nitrogens is 1. The van der Waals surface area contributed by atoms with Gasteiger partial charge in [0.15, 0.2) is 0 Å². The van der Waals surface area contributed by atoms with Crippen LogP contribution in [-0.2, 0) is 0 Å². The van der Waals surface area contributed by atoms with E-state index in [0.29, 0.717) is 10.9 Å². The molecule has 0 bridgehead atoms. The predicted octanol–water partition coefficient (Wildman–Crippen LogP) is 5.99. The standard InChI is InChI=1S/C24H16ClN3O/c1-13-6-8-19-15(10-13)11-17(23(25)28-19)21-18(12-26)24(27)29-20-9-7-14-4-2-3-5-16(14)22(20)21/h2-11,18,21,27H,1H3. The van der Waals surface area contributed by atoms with Crippen LogP contribution in [0.2, 0.25) is 5.15 Å². The second-order valence-corrected chi connectivity index (χ2v) is 7.67. The summed E-state index contributed by atoms with van der Waals surface area (Å²) in [6.07, 6.45) is 0. The molecule has 0 aliphatic carbocycles. The summed E-state index contributed by atoms with van der Waals surface area (Å²) in [6, 6.07) is 22.1. The second-order valence-electron chi connectivity index (χ2n) is 7.31. The third kappa shape index (κ3) is 2.74. The number of ether oxygens (including phenoxy) is 1. The summed E-state index contributed by atoms with van der Waals surface area (Å²) >= 11 is 6.63. The van der Waals surface area contributed by atoms with Gasteiger partial charge in [-0.05, 0) is 47.5 Å². The maximum absolute atomic E-state index is 9.90. The van der Waals surface area contributed by atoms with Crippen molar-refractivity contribution in [3.8, 4) is 11.8 Å². The molecule has 140 valence electrons. The van der Waals surface area contributed by atoms with Gasteiger partial charge >= 0.3 is 0 Å². The summed E-state index contributed by atoms with van der Waals surface area (Å²) in [4.78, 5) is 4.58. The molecule has 0 radical (unpaired) electrons. The largest absolute Gasteiger partial charge is 0.442 e. The Morgan fingerprint density at radius 2 is 1.90 bits per heavy atom. The van der Waals surface area contributed by atoms with Gasteiger partial charge in [0.1, 0.15) is 16.8 Å². The van der Waals surface area contributed by atoms with E-state index in [4.69, 9.17) is 21.7 Å². The highest BCUT2D eigenvalue weighted by Crippen LogP contribution is 2.47. The number of aryl methyl sites for hydroxylation is 1. The van der Waals surface area contributed by atoms with E-state index in [1.54, 1.807) is 0 Å². The van der Waals surface area contributed by atoms with Crippen molar-refractivity contribution in [2.24, 2.45) is 5.92 Å². The Hall–Kier alpha value is -3.42. The van der Waals surface area contributed by atoms with Gasteiger partial charge < -0.3 is 4.74 Å². The van der Waals surface area contributed by atoms with Crippen LogP contribution < -0.4 is 4.74 Å². The lowest BCUT2D eigenvalue weighted by Crippen LogP contribution is -2.31. The molecule has 2 heterocycles. The zero-order valence-corrected chi connectivity index (χ0v) is 16.4. The zero-order chi connectivity index (χ0) is 20.1. The lowest BCUT2D eigenvalue weighted by atomic mass is 9.77. The Kier molecular flexibility index (Phi) is 4.01. The van der Waals surface area contributed by atoms with E-state index in [-0.39, 0.29) is 5.90 Å². The van der Waals surface area contributed by atoms with Crippen LogP contribution in [0.25, 0.3) is 21.7 Å². The van der Waals surface area contributed by atoms with Crippen molar-refractivity contribution in [3.05, 3.63) is 82.5 Å². The molecule has 2 unspecified atom stereocenters. The van der Waals surface area contributed by atoms with Gasteiger partial charge in [-0.1, -0.05) is 53.6 Å². The third-order valence-electron chi connectivity index (χ3n) is 5.50. The molecule has 0 spiro atoms. The Morgan fingerprint density at radius 3 is 2.72 bits per heavy atom. The van der Waals surface area contributed by atoms with Gasteiger partial charge in [-0.25, -0.2) is 4.98 Å². The van der Waals surface area contributed by atoms with Gasteiger partial charge in [0.25, 0.3) is 0 Å². The molecule has 5 heteroatoms. The fraction of sp³-hybridized carbons (Fsp3) is 0.125. The van der Waals surface area contributed by atoms with E-state index in [2.05, 4.69) is 17.1 Å². The quantitative estimate of drug-likeness (QED) is 0.401. The fourth-order valence-corrected chi connectivity index (χ4v) is 4.42. The summed E-state index contributed by atoms with van der Waals surface area (Å²) in [6.45, 7) is 2.03. The van der Waals surface area contributed by atoms with Crippen molar-refractivity contribution in [2.75, 3.05) is 0 Å². The van der Waals surface area contributed by atoms with Crippen molar-refractivity contribution in [1.29, 1.82) is 10.7 Å². The zero-order valence-electron chi connectivity index (χ0n) is 15.6. The summed E-state index contributed by atoms with van der Waals surface area (Å²) < 4.78 is 5.74. The Balaban J connectivity index is 1.85. The summed E-state index contributed by atoms with van der Waals surface area (Å²) in [7, 11) is 0. The topological polar surface area (TPSA) is 69.8 Å². The first-order valence-electron chi connectivity index (χ1n) is 9.31. The van der Waals surface area contributed by atoms with E-state index in [1.165, 1.54) is 0 Å². The molecule has 0 saturated heterocycles. The van der Waals surface area contributed by atoms with Crippen molar-refractivity contribution >= 4 is 39.2 Å². The normalized spacial score (nSPS) is 18.3. The number of halogens is 1. The van der Waals surface area contributed by atoms with Gasteiger partial charge in [-0.2, -0.15) is 5.26 Å². The van der Waals surface area contributed by atoms with Gasteiger partial charge in [0, 0.05) is 16.9 Å². The smallest absolute Gasteiger partial charge is 0.205 e. The Morgan fingerprint density at radius 1 is 1.07 bits per heavy atom. The van der Waals surface area contributed by atoms with Gasteiger partial charge in [0.2, 0.25) is 5.90 Å². The van der Waals surface area contributed by atoms with Crippen LogP contribution in [0.15, 0.2) is 60.7 Å². The van der Waals surface area contributed by atoms with E-state index in [1.807, 2.05) is 61.5 Å². The number of nitrogens with one attached hydrogen (secondary N) is 1. The highest BCUT2D eigenvalue weighted by atomic mass is 35.5. The number of benzene rings is 3. The predicted molar refractivity (Wildman–Crippen MR) is 115 cm³/mol. The molecule has 1 aromatic heterocycles. The molecule has 0 saturated carbocycles. The SMILES string of the molecule is Cc1ccc2nc(Cl)c(C3c4c(ccc5ccccc45)OC(=N)C3C#N)cc2c1. The van der Waals surface area contributed by atoms with Crippen LogP contribution in [0.4, 0.5) is 0 Å². The van der Waals surface area contributed by atoms with Crippen LogP contribution in [0, 0.1) is 29.6 Å². The molecular weight excluding hydrogens is 382 g/mol. The van der Waals surface area contributed by atoms with Crippen LogP contribution in [0.1, 0.15) is 22.6 Å². The summed E-state index contributed by atoms with van der Waals surface area (Å²) in [5.41, 5.74) is 3.54. The number of nitriles is 1. The number of rotatable bonds is 1. The van der Waals surface area contributed by atoms with Crippen molar-refractivity contribution in [2.45, 2.75) is 12.8 Å². The number of fused-ring (bicyclic) bond motifs is 4. The number of hydrogen-bond donors (Lipinski definition) is 1. The molecule has 1 N–H and O–H groups in total. The monoisotopic (exact) mass is 397 g/mol. The van der Waals surface area contributed by atoms with Crippen LogP contribution >= 0.6 is 11.6 Å². The van der Waals surface area contributed by atoms with Gasteiger partial charge in [-0.3, -0.25) is 5.41 Å². The average molecular weight is 398 g/mol. The first kappa shape index (κ1) is 17.7. The van der Waals surface area contributed by atoms with Crippen molar-refractivity contribution < 1.29 is 4.74 Å². The van der Waals surface area contributed by atoms with Gasteiger partial charge in [-0.15, -0.1) is 0 Å². The molecule has 1 aliphatic rings. The van der Waals surface area contributed by atoms with Crippen molar-refractivity contribution in [1.82, 2.24) is 4.98 Å². The number of hydrogen-bond acceptors (Lipinski definition) is 4. The fourth-order valence-electron chi connectivity index (χ4n) is 4.16. The van der Waals surface area contributed by atoms with E-state index < -0.39 is 11.8 Å². The molecule has 4 nitrogen and oxygen atoms in total. The first-order chi connectivity index (χ1) is 14.1. The van der Waals surface area contributed by atoms with E-state index in [0.717, 1.165) is 38.4 Å². The summed E-state index contributed by atoms with van der Waals surface area (Å²) in [5.74, 6) is -0.701.